The van der Waals surface area contributed by atoms with E-state index in [0.29, 0.717) is 13.2 Å². The average Bonchev–Trinajstić information content (AvgIpc) is 3.00. The van der Waals surface area contributed by atoms with Crippen molar-refractivity contribution in [3.05, 3.63) is 47.8 Å². The number of rotatable bonds is 6. The summed E-state index contributed by atoms with van der Waals surface area (Å²) < 4.78 is 7.51. The van der Waals surface area contributed by atoms with Crippen molar-refractivity contribution in [2.24, 2.45) is 0 Å². The molecule has 0 saturated heterocycles. The van der Waals surface area contributed by atoms with Gasteiger partial charge in [-0.05, 0) is 25.5 Å². The summed E-state index contributed by atoms with van der Waals surface area (Å²) in [6, 6.07) is 7.64. The Bertz CT molecular complexity index is 698. The fourth-order valence-electron chi connectivity index (χ4n) is 2.87. The first-order valence-electron chi connectivity index (χ1n) is 8.38. The number of para-hydroxylation sites is 1. The molecular formula is C18H24N4O2. The highest BCUT2D eigenvalue weighted by molar-refractivity contribution is 5.81. The van der Waals surface area contributed by atoms with E-state index in [-0.39, 0.29) is 18.0 Å². The van der Waals surface area contributed by atoms with Gasteiger partial charge in [0.25, 0.3) is 0 Å². The molecule has 1 aliphatic heterocycles. The highest BCUT2D eigenvalue weighted by atomic mass is 16.5. The van der Waals surface area contributed by atoms with Crippen LogP contribution in [0.3, 0.4) is 0 Å². The number of hydrogen-bond acceptors (Lipinski definition) is 4. The van der Waals surface area contributed by atoms with Gasteiger partial charge in [0.15, 0.2) is 0 Å². The molecule has 0 spiro atoms. The van der Waals surface area contributed by atoms with Gasteiger partial charge in [-0.15, -0.1) is 0 Å². The van der Waals surface area contributed by atoms with Gasteiger partial charge in [0.05, 0.1) is 31.4 Å². The van der Waals surface area contributed by atoms with Gasteiger partial charge in [0.1, 0.15) is 5.75 Å². The molecule has 0 fully saturated rings. The quantitative estimate of drug-likeness (QED) is 0.849. The number of fused-ring (bicyclic) bond motifs is 1. The van der Waals surface area contributed by atoms with Crippen LogP contribution in [0.4, 0.5) is 0 Å². The number of amides is 1. The minimum atomic E-state index is -0.253. The Balaban J connectivity index is 1.49. The summed E-state index contributed by atoms with van der Waals surface area (Å²) in [6.45, 7) is 5.96. The molecule has 1 aliphatic rings. The summed E-state index contributed by atoms with van der Waals surface area (Å²) in [5.41, 5.74) is 2.19. The van der Waals surface area contributed by atoms with Crippen molar-refractivity contribution >= 4 is 5.91 Å². The molecule has 2 N–H and O–H groups in total. The van der Waals surface area contributed by atoms with E-state index < -0.39 is 0 Å². The molecule has 128 valence electrons. The van der Waals surface area contributed by atoms with Crippen molar-refractivity contribution in [1.29, 1.82) is 0 Å². The maximum atomic E-state index is 12.4. The Kier molecular flexibility index (Phi) is 5.15. The Morgan fingerprint density at radius 1 is 1.46 bits per heavy atom. The first-order valence-corrected chi connectivity index (χ1v) is 8.38. The first-order chi connectivity index (χ1) is 11.6. The lowest BCUT2D eigenvalue weighted by molar-refractivity contribution is -0.123. The largest absolute Gasteiger partial charge is 0.493 e. The lowest BCUT2D eigenvalue weighted by Gasteiger charge is -2.27. The second-order valence-electron chi connectivity index (χ2n) is 6.19. The molecule has 1 aromatic heterocycles. The van der Waals surface area contributed by atoms with E-state index in [2.05, 4.69) is 15.7 Å². The predicted molar refractivity (Wildman–Crippen MR) is 91.9 cm³/mol. The number of aromatic nitrogens is 2. The Morgan fingerprint density at radius 2 is 2.29 bits per heavy atom. The van der Waals surface area contributed by atoms with E-state index in [1.165, 1.54) is 0 Å². The van der Waals surface area contributed by atoms with Crippen LogP contribution in [0.25, 0.3) is 0 Å². The second-order valence-corrected chi connectivity index (χ2v) is 6.19. The third-order valence-corrected chi connectivity index (χ3v) is 4.22. The molecule has 0 bridgehead atoms. The second kappa shape index (κ2) is 7.49. The molecule has 2 atom stereocenters. The smallest absolute Gasteiger partial charge is 0.237 e. The van der Waals surface area contributed by atoms with Gasteiger partial charge < -0.3 is 15.4 Å². The van der Waals surface area contributed by atoms with Crippen molar-refractivity contribution < 1.29 is 9.53 Å². The fraction of sp³-hybridized carbons (Fsp3) is 0.444. The lowest BCUT2D eigenvalue weighted by Crippen LogP contribution is -2.45. The fourth-order valence-corrected chi connectivity index (χ4v) is 2.87. The number of ether oxygens (including phenoxy) is 1. The van der Waals surface area contributed by atoms with Gasteiger partial charge >= 0.3 is 0 Å². The molecule has 2 aromatic rings. The van der Waals surface area contributed by atoms with Gasteiger partial charge in [-0.25, -0.2) is 0 Å². The summed E-state index contributed by atoms with van der Waals surface area (Å²) in [5, 5.41) is 10.6. The van der Waals surface area contributed by atoms with Crippen LogP contribution in [0.2, 0.25) is 0 Å². The number of carbonyl (C=O) groups is 1. The van der Waals surface area contributed by atoms with Crippen LogP contribution in [0.15, 0.2) is 36.7 Å². The number of hydrogen-bond donors (Lipinski definition) is 2. The van der Waals surface area contributed by atoms with Crippen molar-refractivity contribution in [3.8, 4) is 5.75 Å². The van der Waals surface area contributed by atoms with Gasteiger partial charge in [-0.3, -0.25) is 9.48 Å². The number of nitrogens with one attached hydrogen (secondary N) is 2. The molecule has 24 heavy (non-hydrogen) atoms. The van der Waals surface area contributed by atoms with Crippen molar-refractivity contribution in [2.75, 3.05) is 13.2 Å². The maximum absolute atomic E-state index is 12.4. The van der Waals surface area contributed by atoms with Crippen molar-refractivity contribution in [1.82, 2.24) is 20.4 Å². The van der Waals surface area contributed by atoms with Crippen LogP contribution < -0.4 is 15.4 Å². The van der Waals surface area contributed by atoms with Crippen molar-refractivity contribution in [3.63, 3.8) is 0 Å². The molecule has 6 nitrogen and oxygen atoms in total. The van der Waals surface area contributed by atoms with E-state index in [1.54, 1.807) is 0 Å². The van der Waals surface area contributed by atoms with Crippen LogP contribution in [-0.4, -0.2) is 34.9 Å². The molecule has 6 heteroatoms. The summed E-state index contributed by atoms with van der Waals surface area (Å²) in [7, 11) is 0. The topological polar surface area (TPSA) is 68.2 Å². The van der Waals surface area contributed by atoms with Crippen LogP contribution in [0, 0.1) is 6.92 Å². The monoisotopic (exact) mass is 328 g/mol. The first kappa shape index (κ1) is 16.5. The van der Waals surface area contributed by atoms with E-state index in [4.69, 9.17) is 4.74 Å². The molecule has 2 heterocycles. The highest BCUT2D eigenvalue weighted by Gasteiger charge is 2.24. The minimum absolute atomic E-state index is 0.00773. The Labute approximate surface area is 142 Å². The van der Waals surface area contributed by atoms with E-state index in [9.17, 15) is 4.79 Å². The van der Waals surface area contributed by atoms with Crippen LogP contribution in [0.5, 0.6) is 5.75 Å². The standard InChI is InChI=1S/C18H24N4O2/c1-13-11-20-22(12-13)9-8-19-14(2)18(23)21-16-7-10-24-17-6-4-3-5-15(16)17/h3-6,11-12,14,16,19H,7-10H2,1-2H3,(H,21,23)/t14-,16+/m1/s1. The van der Waals surface area contributed by atoms with Crippen LogP contribution in [0.1, 0.15) is 30.5 Å². The zero-order valence-corrected chi connectivity index (χ0v) is 14.2. The summed E-state index contributed by atoms with van der Waals surface area (Å²) in [6.07, 6.45) is 4.62. The van der Waals surface area contributed by atoms with E-state index in [0.717, 1.165) is 29.8 Å². The zero-order valence-electron chi connectivity index (χ0n) is 14.2. The van der Waals surface area contributed by atoms with Crippen molar-refractivity contribution in [2.45, 2.75) is 38.9 Å². The molecule has 1 amide bonds. The number of aryl methyl sites for hydroxylation is 1. The van der Waals surface area contributed by atoms with Gasteiger partial charge in [0, 0.05) is 24.7 Å². The summed E-state index contributed by atoms with van der Waals surface area (Å²) in [4.78, 5) is 12.4. The minimum Gasteiger partial charge on any atom is -0.493 e. The van der Waals surface area contributed by atoms with E-state index >= 15 is 0 Å². The molecule has 0 unspecified atom stereocenters. The summed E-state index contributed by atoms with van der Waals surface area (Å²) in [5.74, 6) is 0.872. The maximum Gasteiger partial charge on any atom is 0.237 e. The van der Waals surface area contributed by atoms with Gasteiger partial charge in [-0.2, -0.15) is 5.10 Å². The molecule has 0 aliphatic carbocycles. The Hall–Kier alpha value is -2.34. The van der Waals surface area contributed by atoms with Crippen LogP contribution >= 0.6 is 0 Å². The number of benzene rings is 1. The zero-order chi connectivity index (χ0) is 16.9. The molecule has 0 saturated carbocycles. The predicted octanol–water partition coefficient (Wildman–Crippen LogP) is 1.81. The SMILES string of the molecule is Cc1cnn(CCN[C@H](C)C(=O)N[C@H]2CCOc3ccccc32)c1. The number of carbonyl (C=O) groups excluding carboxylic acids is 1. The van der Waals surface area contributed by atoms with Gasteiger partial charge in [-0.1, -0.05) is 18.2 Å². The highest BCUT2D eigenvalue weighted by Crippen LogP contribution is 2.31. The molecular weight excluding hydrogens is 304 g/mol. The Morgan fingerprint density at radius 3 is 3.08 bits per heavy atom. The number of nitrogens with zero attached hydrogens (tertiary/aromatic N) is 2. The lowest BCUT2D eigenvalue weighted by atomic mass is 10.0. The molecule has 1 aromatic carbocycles. The molecule has 3 rings (SSSR count). The normalized spacial score (nSPS) is 17.7. The third kappa shape index (κ3) is 3.94. The average molecular weight is 328 g/mol. The third-order valence-electron chi connectivity index (χ3n) is 4.22. The van der Waals surface area contributed by atoms with Crippen LogP contribution in [-0.2, 0) is 11.3 Å². The summed E-state index contributed by atoms with van der Waals surface area (Å²) >= 11 is 0. The van der Waals surface area contributed by atoms with Gasteiger partial charge in [0.2, 0.25) is 5.91 Å². The molecule has 0 radical (unpaired) electrons. The van der Waals surface area contributed by atoms with E-state index in [1.807, 2.05) is 55.2 Å².